The van der Waals surface area contributed by atoms with Crippen LogP contribution in [0.15, 0.2) is 0 Å². The second kappa shape index (κ2) is 17.4. The van der Waals surface area contributed by atoms with Crippen molar-refractivity contribution >= 4 is 41.1 Å². The maximum Gasteiger partial charge on any atom is 0.289 e. The number of hydrogen-bond donors (Lipinski definition) is 5. The van der Waals surface area contributed by atoms with E-state index in [0.29, 0.717) is 42.5 Å². The van der Waals surface area contributed by atoms with Crippen molar-refractivity contribution < 1.29 is 33.6 Å². The first-order valence-corrected chi connectivity index (χ1v) is 19.7. The lowest BCUT2D eigenvalue weighted by molar-refractivity contribution is -0.147. The molecule has 5 N–H and O–H groups in total. The van der Waals surface area contributed by atoms with E-state index in [1.54, 1.807) is 18.7 Å². The van der Waals surface area contributed by atoms with Gasteiger partial charge < -0.3 is 31.2 Å². The summed E-state index contributed by atoms with van der Waals surface area (Å²) < 4.78 is 0. The van der Waals surface area contributed by atoms with Gasteiger partial charge in [-0.1, -0.05) is 73.6 Å². The largest absolute Gasteiger partial charge is 0.354 e. The summed E-state index contributed by atoms with van der Waals surface area (Å²) in [5.74, 6) is -3.61. The van der Waals surface area contributed by atoms with Gasteiger partial charge in [-0.15, -0.1) is 0 Å². The number of Topliss-reactive ketones (excluding diaryl/α,β-unsaturated/α-hetero) is 2. The Morgan fingerprint density at radius 3 is 2.08 bits per heavy atom. The monoisotopic (exact) mass is 738 g/mol. The summed E-state index contributed by atoms with van der Waals surface area (Å²) in [6, 6.07) is -4.12. The molecular weight excluding hydrogens is 676 g/mol. The molecule has 2 aliphatic carbocycles. The van der Waals surface area contributed by atoms with Gasteiger partial charge in [-0.3, -0.25) is 33.6 Å². The van der Waals surface area contributed by atoms with E-state index < -0.39 is 59.0 Å². The third kappa shape index (κ3) is 9.56. The number of nitrogens with zero attached hydrogens (tertiary/aromatic N) is 1. The average molecular weight is 739 g/mol. The molecule has 13 nitrogen and oxygen atoms in total. The van der Waals surface area contributed by atoms with Crippen LogP contribution in [0, 0.1) is 31.1 Å². The number of likely N-dealkylation sites (tertiary alicyclic amines) is 1. The fourth-order valence-electron chi connectivity index (χ4n) is 8.38. The maximum absolute atomic E-state index is 14.9. The van der Waals surface area contributed by atoms with Crippen LogP contribution in [0.3, 0.4) is 0 Å². The van der Waals surface area contributed by atoms with Crippen molar-refractivity contribution in [2.45, 2.75) is 169 Å². The van der Waals surface area contributed by atoms with Gasteiger partial charge in [0.1, 0.15) is 23.8 Å². The molecule has 1 aliphatic heterocycles. The Kier molecular flexibility index (Phi) is 13.7. The minimum Gasteiger partial charge on any atom is -0.354 e. The van der Waals surface area contributed by atoms with Crippen LogP contribution in [0.4, 0.5) is 0 Å². The summed E-state index contributed by atoms with van der Waals surface area (Å²) in [5, 5.41) is 11.5. The van der Waals surface area contributed by atoms with Crippen molar-refractivity contribution in [3.63, 3.8) is 0 Å². The number of rotatable bonds is 16. The van der Waals surface area contributed by atoms with Crippen molar-refractivity contribution in [1.29, 1.82) is 0 Å². The highest BCUT2D eigenvalue weighted by Crippen LogP contribution is 2.41. The molecule has 2 saturated carbocycles. The first-order chi connectivity index (χ1) is 24.9. The lowest BCUT2D eigenvalue weighted by Gasteiger charge is -2.40. The van der Waals surface area contributed by atoms with E-state index >= 15 is 0 Å². The number of carbonyl (C=O) groups excluding carboxylic acids is 7. The average Bonchev–Trinajstić information content (AvgIpc) is 3.74. The molecule has 0 aromatic carbocycles. The second-order valence-corrected chi connectivity index (χ2v) is 16.6. The van der Waals surface area contributed by atoms with Crippen LogP contribution in [0.25, 0.3) is 0 Å². The van der Waals surface area contributed by atoms with Crippen LogP contribution >= 0.6 is 0 Å². The Morgan fingerprint density at radius 1 is 0.887 bits per heavy atom. The highest BCUT2D eigenvalue weighted by Gasteiger charge is 2.51. The summed E-state index contributed by atoms with van der Waals surface area (Å²) in [6.45, 7) is 16.2. The summed E-state index contributed by atoms with van der Waals surface area (Å²) in [6.07, 6.45) is 7.57. The van der Waals surface area contributed by atoms with E-state index in [1.807, 2.05) is 41.5 Å². The topological polar surface area (TPSA) is 187 Å². The molecule has 13 heteroatoms. The van der Waals surface area contributed by atoms with E-state index in [2.05, 4.69) is 26.3 Å². The van der Waals surface area contributed by atoms with Gasteiger partial charge in [0.15, 0.2) is 5.78 Å². The van der Waals surface area contributed by atoms with Crippen LogP contribution in [-0.4, -0.2) is 87.2 Å². The quantitative estimate of drug-likeness (QED) is 0.124. The van der Waals surface area contributed by atoms with Crippen molar-refractivity contribution in [2.75, 3.05) is 0 Å². The van der Waals surface area contributed by atoms with Gasteiger partial charge in [-0.05, 0) is 82.1 Å². The molecule has 0 bridgehead atoms. The number of aromatic nitrogens is 1. The minimum atomic E-state index is -1.05. The number of hydrogen-bond acceptors (Lipinski definition) is 7. The van der Waals surface area contributed by atoms with E-state index in [-0.39, 0.29) is 47.7 Å². The molecule has 294 valence electrons. The van der Waals surface area contributed by atoms with Gasteiger partial charge in [0.25, 0.3) is 11.8 Å². The number of carbonyl (C=O) groups is 7. The normalized spacial score (nSPS) is 21.6. The highest BCUT2D eigenvalue weighted by atomic mass is 16.2. The highest BCUT2D eigenvalue weighted by molar-refractivity contribution is 6.38. The molecule has 0 radical (unpaired) electrons. The Labute approximate surface area is 314 Å². The predicted molar refractivity (Wildman–Crippen MR) is 201 cm³/mol. The Balaban J connectivity index is 1.61. The van der Waals surface area contributed by atoms with Crippen molar-refractivity contribution in [3.8, 4) is 0 Å². The SMILES string of the molecule is CCC[C@H](NC(=O)[C@@H]1CC2CCCCC2N1C(=O)[C@@H](NC(=O)[C@@H](NC(=O)c1[nH]c(C)c(C(C)=O)c1C)C(CC)CC)C(C)(C)C)C(=O)C(=O)NC1CC1. The van der Waals surface area contributed by atoms with E-state index in [0.717, 1.165) is 38.5 Å². The fourth-order valence-corrected chi connectivity index (χ4v) is 8.38. The molecule has 0 spiro atoms. The van der Waals surface area contributed by atoms with Crippen LogP contribution in [-0.2, 0) is 24.0 Å². The first-order valence-electron chi connectivity index (χ1n) is 19.7. The minimum absolute atomic E-state index is 0.000683. The zero-order chi connectivity index (χ0) is 39.4. The van der Waals surface area contributed by atoms with Crippen LogP contribution in [0.2, 0.25) is 0 Å². The van der Waals surface area contributed by atoms with Gasteiger partial charge in [-0.2, -0.15) is 0 Å². The van der Waals surface area contributed by atoms with E-state index in [4.69, 9.17) is 0 Å². The molecule has 1 aromatic rings. The Morgan fingerprint density at radius 2 is 1.53 bits per heavy atom. The maximum atomic E-state index is 14.9. The van der Waals surface area contributed by atoms with Crippen LogP contribution < -0.4 is 21.3 Å². The van der Waals surface area contributed by atoms with E-state index in [1.165, 1.54) is 6.92 Å². The van der Waals surface area contributed by atoms with Crippen molar-refractivity contribution in [3.05, 3.63) is 22.5 Å². The molecular formula is C40H62N6O7. The van der Waals surface area contributed by atoms with Gasteiger partial charge in [0.05, 0.1) is 6.04 Å². The van der Waals surface area contributed by atoms with Crippen LogP contribution in [0.1, 0.15) is 151 Å². The molecule has 2 heterocycles. The molecule has 1 saturated heterocycles. The Bertz CT molecular complexity index is 1570. The lowest BCUT2D eigenvalue weighted by atomic mass is 9.83. The number of nitrogens with one attached hydrogen (secondary N) is 5. The molecule has 3 aliphatic rings. The zero-order valence-electron chi connectivity index (χ0n) is 33.2. The van der Waals surface area contributed by atoms with Crippen LogP contribution in [0.5, 0.6) is 0 Å². The number of aryl methyl sites for hydroxylation is 1. The second-order valence-electron chi connectivity index (χ2n) is 16.6. The smallest absolute Gasteiger partial charge is 0.289 e. The van der Waals surface area contributed by atoms with Crippen molar-refractivity contribution in [1.82, 2.24) is 31.2 Å². The number of H-pyrrole nitrogens is 1. The van der Waals surface area contributed by atoms with E-state index in [9.17, 15) is 33.6 Å². The molecule has 3 fully saturated rings. The summed E-state index contributed by atoms with van der Waals surface area (Å²) >= 11 is 0. The van der Waals surface area contributed by atoms with Gasteiger partial charge in [-0.25, -0.2) is 0 Å². The summed E-state index contributed by atoms with van der Waals surface area (Å²) in [7, 11) is 0. The molecule has 53 heavy (non-hydrogen) atoms. The molecule has 2 unspecified atom stereocenters. The number of amides is 5. The third-order valence-corrected chi connectivity index (χ3v) is 11.5. The third-order valence-electron chi connectivity index (χ3n) is 11.5. The Hall–Kier alpha value is -4.03. The number of aromatic amines is 1. The molecule has 4 rings (SSSR count). The number of fused-ring (bicyclic) bond motifs is 1. The van der Waals surface area contributed by atoms with Gasteiger partial charge >= 0.3 is 0 Å². The molecule has 6 atom stereocenters. The molecule has 1 aromatic heterocycles. The van der Waals surface area contributed by atoms with Gasteiger partial charge in [0.2, 0.25) is 23.5 Å². The standard InChI is InChI=1S/C40H62N6O7/c1-10-15-27(33(48)38(52)42-26-18-19-26)43-35(49)29-20-25-16-13-14-17-28(25)46(29)39(53)34(40(7,8)9)45-37(51)32(24(11-2)12-3)44-36(50)31-21(4)30(23(6)47)22(5)41-31/h24-29,32,34,41H,10-20H2,1-9H3,(H,42,52)(H,43,49)(H,44,50)(H,45,51)/t25?,27-,28?,29-,32-,34+/m0/s1. The predicted octanol–water partition coefficient (Wildman–Crippen LogP) is 4.19. The van der Waals surface area contributed by atoms with Crippen molar-refractivity contribution in [2.24, 2.45) is 17.3 Å². The fraction of sp³-hybridized carbons (Fsp3) is 0.725. The summed E-state index contributed by atoms with van der Waals surface area (Å²) in [4.78, 5) is 99.8. The lowest BCUT2D eigenvalue weighted by Crippen LogP contribution is -2.63. The zero-order valence-corrected chi connectivity index (χ0v) is 33.2. The molecule has 5 amide bonds. The summed E-state index contributed by atoms with van der Waals surface area (Å²) in [5.41, 5.74) is 0.937. The first kappa shape index (κ1) is 41.7. The number of ketones is 2. The van der Waals surface area contributed by atoms with Gasteiger partial charge in [0, 0.05) is 23.3 Å².